The standard InChI is InChI=1S/C18H19ClFN3O2/c1-25-17-6-11(3-5-15(17)13-9-22-23-10-13)18(24)21-8-12-2-4-14(20)7-16(12)19/h2-7,13,22-23H,8-10H2,1H3,(H,21,24). The number of carbonyl (C=O) groups is 1. The van der Waals surface area contributed by atoms with Crippen LogP contribution in [0.25, 0.3) is 0 Å². The van der Waals surface area contributed by atoms with Crippen LogP contribution >= 0.6 is 11.6 Å². The lowest BCUT2D eigenvalue weighted by molar-refractivity contribution is 0.0950. The van der Waals surface area contributed by atoms with E-state index in [1.54, 1.807) is 25.3 Å². The minimum atomic E-state index is -0.406. The van der Waals surface area contributed by atoms with Gasteiger partial charge < -0.3 is 10.1 Å². The summed E-state index contributed by atoms with van der Waals surface area (Å²) in [6.45, 7) is 1.84. The number of hydrazine groups is 1. The van der Waals surface area contributed by atoms with Crippen LogP contribution in [0.5, 0.6) is 5.75 Å². The lowest BCUT2D eigenvalue weighted by Crippen LogP contribution is -2.23. The van der Waals surface area contributed by atoms with Crippen molar-refractivity contribution in [1.29, 1.82) is 0 Å². The smallest absolute Gasteiger partial charge is 0.251 e. The molecule has 0 atom stereocenters. The zero-order valence-electron chi connectivity index (χ0n) is 13.7. The van der Waals surface area contributed by atoms with E-state index in [0.717, 1.165) is 18.7 Å². The van der Waals surface area contributed by atoms with Gasteiger partial charge in [-0.3, -0.25) is 15.6 Å². The Morgan fingerprint density at radius 2 is 2.04 bits per heavy atom. The second-order valence-electron chi connectivity index (χ2n) is 5.83. The van der Waals surface area contributed by atoms with Crippen LogP contribution in [0, 0.1) is 5.82 Å². The molecule has 0 unspecified atom stereocenters. The van der Waals surface area contributed by atoms with Crippen molar-refractivity contribution in [2.24, 2.45) is 0 Å². The summed E-state index contributed by atoms with van der Waals surface area (Å²) >= 11 is 5.98. The monoisotopic (exact) mass is 363 g/mol. The Hall–Kier alpha value is -2.15. The molecule has 3 N–H and O–H groups in total. The SMILES string of the molecule is COc1cc(C(=O)NCc2ccc(F)cc2Cl)ccc1C1CNNC1. The average Bonchev–Trinajstić information content (AvgIpc) is 3.14. The summed E-state index contributed by atoms with van der Waals surface area (Å²) in [7, 11) is 1.59. The number of hydrogen-bond acceptors (Lipinski definition) is 4. The molecule has 1 aliphatic rings. The Balaban J connectivity index is 1.71. The van der Waals surface area contributed by atoms with E-state index >= 15 is 0 Å². The molecule has 25 heavy (non-hydrogen) atoms. The van der Waals surface area contributed by atoms with Crippen molar-refractivity contribution in [2.75, 3.05) is 20.2 Å². The largest absolute Gasteiger partial charge is 0.496 e. The summed E-state index contributed by atoms with van der Waals surface area (Å²) in [5.41, 5.74) is 8.37. The van der Waals surface area contributed by atoms with Crippen LogP contribution in [0.4, 0.5) is 4.39 Å². The van der Waals surface area contributed by atoms with Crippen LogP contribution in [-0.4, -0.2) is 26.1 Å². The highest BCUT2D eigenvalue weighted by molar-refractivity contribution is 6.31. The Bertz CT molecular complexity index is 779. The van der Waals surface area contributed by atoms with Gasteiger partial charge in [0.15, 0.2) is 0 Å². The van der Waals surface area contributed by atoms with Crippen LogP contribution < -0.4 is 20.9 Å². The van der Waals surface area contributed by atoms with Gasteiger partial charge in [-0.15, -0.1) is 0 Å². The first kappa shape index (κ1) is 17.7. The zero-order valence-corrected chi connectivity index (χ0v) is 14.5. The van der Waals surface area contributed by atoms with Gasteiger partial charge in [0.05, 0.1) is 7.11 Å². The fourth-order valence-corrected chi connectivity index (χ4v) is 3.05. The molecule has 1 aliphatic heterocycles. The number of benzene rings is 2. The maximum atomic E-state index is 13.1. The lowest BCUT2D eigenvalue weighted by Gasteiger charge is -2.15. The minimum Gasteiger partial charge on any atom is -0.496 e. The second kappa shape index (κ2) is 7.82. The van der Waals surface area contributed by atoms with Gasteiger partial charge in [0.25, 0.3) is 5.91 Å². The number of nitrogens with one attached hydrogen (secondary N) is 3. The molecule has 3 rings (SSSR count). The predicted octanol–water partition coefficient (Wildman–Crippen LogP) is 2.61. The average molecular weight is 364 g/mol. The van der Waals surface area contributed by atoms with Crippen LogP contribution in [-0.2, 0) is 6.54 Å². The van der Waals surface area contributed by atoms with Crippen molar-refractivity contribution in [1.82, 2.24) is 16.2 Å². The fraction of sp³-hybridized carbons (Fsp3) is 0.278. The Labute approximate surface area is 150 Å². The van der Waals surface area contributed by atoms with Gasteiger partial charge in [-0.05, 0) is 35.4 Å². The van der Waals surface area contributed by atoms with E-state index in [9.17, 15) is 9.18 Å². The maximum Gasteiger partial charge on any atom is 0.251 e. The Morgan fingerprint density at radius 1 is 1.28 bits per heavy atom. The molecule has 2 aromatic carbocycles. The summed E-state index contributed by atoms with van der Waals surface area (Å²) in [5.74, 6) is 0.331. The molecule has 1 saturated heterocycles. The van der Waals surface area contributed by atoms with Gasteiger partial charge in [0.2, 0.25) is 0 Å². The van der Waals surface area contributed by atoms with Gasteiger partial charge in [0, 0.05) is 36.1 Å². The maximum absolute atomic E-state index is 13.1. The molecule has 1 fully saturated rings. The van der Waals surface area contributed by atoms with E-state index in [1.807, 2.05) is 6.07 Å². The molecule has 5 nitrogen and oxygen atoms in total. The number of amides is 1. The van der Waals surface area contributed by atoms with Crippen LogP contribution in [0.1, 0.15) is 27.4 Å². The highest BCUT2D eigenvalue weighted by atomic mass is 35.5. The first-order chi connectivity index (χ1) is 12.1. The van der Waals surface area contributed by atoms with Gasteiger partial charge >= 0.3 is 0 Å². The molecule has 0 saturated carbocycles. The summed E-state index contributed by atoms with van der Waals surface area (Å²) < 4.78 is 18.5. The number of hydrogen-bond donors (Lipinski definition) is 3. The third-order valence-corrected chi connectivity index (χ3v) is 4.56. The fourth-order valence-electron chi connectivity index (χ4n) is 2.82. The lowest BCUT2D eigenvalue weighted by atomic mass is 9.97. The molecular formula is C18H19ClFN3O2. The van der Waals surface area contributed by atoms with E-state index < -0.39 is 5.82 Å². The summed E-state index contributed by atoms with van der Waals surface area (Å²) in [4.78, 5) is 12.4. The van der Waals surface area contributed by atoms with Crippen LogP contribution in [0.2, 0.25) is 5.02 Å². The molecule has 1 heterocycles. The summed E-state index contributed by atoms with van der Waals surface area (Å²) in [6, 6.07) is 9.52. The normalized spacial score (nSPS) is 14.5. The number of ether oxygens (including phenoxy) is 1. The number of rotatable bonds is 5. The van der Waals surface area contributed by atoms with Gasteiger partial charge in [0.1, 0.15) is 11.6 Å². The molecule has 0 aromatic heterocycles. The van der Waals surface area contributed by atoms with Crippen LogP contribution in [0.15, 0.2) is 36.4 Å². The number of halogens is 2. The third-order valence-electron chi connectivity index (χ3n) is 4.21. The van der Waals surface area contributed by atoms with Crippen molar-refractivity contribution in [3.63, 3.8) is 0 Å². The van der Waals surface area contributed by atoms with Gasteiger partial charge in [-0.25, -0.2) is 4.39 Å². The first-order valence-corrected chi connectivity index (χ1v) is 8.32. The number of methoxy groups -OCH3 is 1. The first-order valence-electron chi connectivity index (χ1n) is 7.94. The molecule has 7 heteroatoms. The van der Waals surface area contributed by atoms with Crippen LogP contribution in [0.3, 0.4) is 0 Å². The predicted molar refractivity (Wildman–Crippen MR) is 94.3 cm³/mol. The van der Waals surface area contributed by atoms with Crippen molar-refractivity contribution in [2.45, 2.75) is 12.5 Å². The summed E-state index contributed by atoms with van der Waals surface area (Å²) in [6.07, 6.45) is 0. The molecule has 0 bridgehead atoms. The Kier molecular flexibility index (Phi) is 5.53. The number of carbonyl (C=O) groups excluding carboxylic acids is 1. The molecule has 132 valence electrons. The molecule has 1 amide bonds. The van der Waals surface area contributed by atoms with Crippen molar-refractivity contribution < 1.29 is 13.9 Å². The highest BCUT2D eigenvalue weighted by Crippen LogP contribution is 2.28. The van der Waals surface area contributed by atoms with E-state index in [1.165, 1.54) is 12.1 Å². The molecule has 0 spiro atoms. The van der Waals surface area contributed by atoms with Gasteiger partial charge in [-0.1, -0.05) is 23.7 Å². The van der Waals surface area contributed by atoms with Gasteiger partial charge in [-0.2, -0.15) is 0 Å². The molecule has 0 radical (unpaired) electrons. The van der Waals surface area contributed by atoms with Crippen molar-refractivity contribution in [3.8, 4) is 5.75 Å². The highest BCUT2D eigenvalue weighted by Gasteiger charge is 2.21. The molecule has 2 aromatic rings. The Morgan fingerprint density at radius 3 is 2.72 bits per heavy atom. The van der Waals surface area contributed by atoms with Crippen molar-refractivity contribution in [3.05, 3.63) is 63.9 Å². The van der Waals surface area contributed by atoms with E-state index in [2.05, 4.69) is 16.2 Å². The second-order valence-corrected chi connectivity index (χ2v) is 6.24. The minimum absolute atomic E-state index is 0.221. The van der Waals surface area contributed by atoms with Crippen molar-refractivity contribution >= 4 is 17.5 Å². The third kappa shape index (κ3) is 4.10. The molecular weight excluding hydrogens is 345 g/mol. The van der Waals surface area contributed by atoms with E-state index in [0.29, 0.717) is 22.8 Å². The molecule has 0 aliphatic carbocycles. The zero-order chi connectivity index (χ0) is 17.8. The quantitative estimate of drug-likeness (QED) is 0.764. The topological polar surface area (TPSA) is 62.4 Å². The van der Waals surface area contributed by atoms with E-state index in [-0.39, 0.29) is 17.5 Å². The van der Waals surface area contributed by atoms with E-state index in [4.69, 9.17) is 16.3 Å². The summed E-state index contributed by atoms with van der Waals surface area (Å²) in [5, 5.41) is 3.08.